The number of nitrogens with zero attached hydrogens (tertiary/aromatic N) is 2. The van der Waals surface area contributed by atoms with Crippen LogP contribution in [0.5, 0.6) is 0 Å². The molecule has 0 aromatic carbocycles. The van der Waals surface area contributed by atoms with E-state index in [1.54, 1.807) is 4.68 Å². The van der Waals surface area contributed by atoms with Gasteiger partial charge in [0.15, 0.2) is 9.84 Å². The molecule has 0 radical (unpaired) electrons. The lowest BCUT2D eigenvalue weighted by molar-refractivity contribution is -0.116. The Hall–Kier alpha value is -1.37. The van der Waals surface area contributed by atoms with E-state index in [2.05, 4.69) is 17.3 Å². The number of amides is 1. The van der Waals surface area contributed by atoms with Crippen LogP contribution in [0, 0.1) is 0 Å². The van der Waals surface area contributed by atoms with Crippen molar-refractivity contribution in [3.05, 3.63) is 11.8 Å². The molecule has 1 aromatic rings. The van der Waals surface area contributed by atoms with E-state index in [1.807, 2.05) is 6.07 Å². The van der Waals surface area contributed by atoms with Crippen molar-refractivity contribution in [3.8, 4) is 0 Å². The highest BCUT2D eigenvalue weighted by Crippen LogP contribution is 2.41. The zero-order chi connectivity index (χ0) is 16.4. The van der Waals surface area contributed by atoms with Crippen LogP contribution >= 0.6 is 0 Å². The number of nitrogens with one attached hydrogen (secondary N) is 1. The monoisotopic (exact) mass is 339 g/mol. The molecular formula is C16H25N3O3S. The zero-order valence-electron chi connectivity index (χ0n) is 13.6. The molecule has 7 heteroatoms. The van der Waals surface area contributed by atoms with Gasteiger partial charge in [-0.3, -0.25) is 4.79 Å². The molecule has 1 aliphatic heterocycles. The van der Waals surface area contributed by atoms with Crippen LogP contribution in [0.3, 0.4) is 0 Å². The number of rotatable bonds is 7. The number of carbonyl (C=O) groups is 1. The summed E-state index contributed by atoms with van der Waals surface area (Å²) in [5.74, 6) is 1.46. The number of aromatic nitrogens is 2. The fraction of sp³-hybridized carbons (Fsp3) is 0.750. The highest BCUT2D eigenvalue weighted by atomic mass is 32.2. The first-order chi connectivity index (χ1) is 11.0. The Bertz CT molecular complexity index is 677. The van der Waals surface area contributed by atoms with Crippen molar-refractivity contribution < 1.29 is 13.2 Å². The maximum atomic E-state index is 12.1. The largest absolute Gasteiger partial charge is 0.311 e. The summed E-state index contributed by atoms with van der Waals surface area (Å²) >= 11 is 0. The number of hydrogen-bond donors (Lipinski definition) is 1. The van der Waals surface area contributed by atoms with E-state index in [0.29, 0.717) is 24.6 Å². The molecular weight excluding hydrogens is 314 g/mol. The van der Waals surface area contributed by atoms with Gasteiger partial charge < -0.3 is 5.32 Å². The Labute approximate surface area is 137 Å². The zero-order valence-corrected chi connectivity index (χ0v) is 14.4. The molecule has 1 atom stereocenters. The summed E-state index contributed by atoms with van der Waals surface area (Å²) in [6.07, 6.45) is 6.34. The van der Waals surface area contributed by atoms with Crippen LogP contribution in [-0.4, -0.2) is 35.6 Å². The average molecular weight is 339 g/mol. The maximum absolute atomic E-state index is 12.1. The quantitative estimate of drug-likeness (QED) is 0.774. The van der Waals surface area contributed by atoms with Crippen molar-refractivity contribution in [2.45, 2.75) is 63.8 Å². The van der Waals surface area contributed by atoms with Gasteiger partial charge in [0.1, 0.15) is 5.82 Å². The predicted molar refractivity (Wildman–Crippen MR) is 89.3 cm³/mol. The Morgan fingerprint density at radius 3 is 2.74 bits per heavy atom. The van der Waals surface area contributed by atoms with Gasteiger partial charge in [0.2, 0.25) is 5.91 Å². The fourth-order valence-corrected chi connectivity index (χ4v) is 4.76. The minimum Gasteiger partial charge on any atom is -0.311 e. The van der Waals surface area contributed by atoms with E-state index in [0.717, 1.165) is 37.8 Å². The van der Waals surface area contributed by atoms with Crippen molar-refractivity contribution >= 4 is 21.6 Å². The molecule has 1 saturated carbocycles. The van der Waals surface area contributed by atoms with Gasteiger partial charge in [-0.15, -0.1) is 0 Å². The number of sulfone groups is 1. The summed E-state index contributed by atoms with van der Waals surface area (Å²) in [6, 6.07) is 1.78. The fourth-order valence-electron chi connectivity index (χ4n) is 3.07. The minimum atomic E-state index is -2.98. The molecule has 1 saturated heterocycles. The molecule has 1 N–H and O–H groups in total. The normalized spacial score (nSPS) is 23.1. The van der Waals surface area contributed by atoms with Crippen LogP contribution in [0.1, 0.15) is 69.5 Å². The van der Waals surface area contributed by atoms with E-state index in [-0.39, 0.29) is 23.5 Å². The Kier molecular flexibility index (Phi) is 4.75. The van der Waals surface area contributed by atoms with Crippen LogP contribution in [-0.2, 0) is 14.6 Å². The molecule has 128 valence electrons. The molecule has 1 aromatic heterocycles. The third-order valence-electron chi connectivity index (χ3n) is 4.58. The molecule has 23 heavy (non-hydrogen) atoms. The summed E-state index contributed by atoms with van der Waals surface area (Å²) < 4.78 is 25.2. The lowest BCUT2D eigenvalue weighted by Crippen LogP contribution is -2.19. The van der Waals surface area contributed by atoms with Gasteiger partial charge in [-0.1, -0.05) is 19.8 Å². The van der Waals surface area contributed by atoms with E-state index in [4.69, 9.17) is 0 Å². The molecule has 2 heterocycles. The van der Waals surface area contributed by atoms with Crippen molar-refractivity contribution in [2.24, 2.45) is 0 Å². The van der Waals surface area contributed by atoms with Crippen molar-refractivity contribution in [2.75, 3.05) is 16.8 Å². The highest BCUT2D eigenvalue weighted by Gasteiger charge is 2.34. The van der Waals surface area contributed by atoms with Crippen LogP contribution in [0.15, 0.2) is 6.07 Å². The van der Waals surface area contributed by atoms with Crippen LogP contribution in [0.2, 0.25) is 0 Å². The topological polar surface area (TPSA) is 81.1 Å². The number of carbonyl (C=O) groups excluding carboxylic acids is 1. The van der Waals surface area contributed by atoms with Gasteiger partial charge in [0.25, 0.3) is 0 Å². The van der Waals surface area contributed by atoms with Crippen LogP contribution in [0.25, 0.3) is 0 Å². The van der Waals surface area contributed by atoms with Gasteiger partial charge in [0.05, 0.1) is 23.2 Å². The molecule has 0 spiro atoms. The summed E-state index contributed by atoms with van der Waals surface area (Å²) in [6.45, 7) is 2.11. The van der Waals surface area contributed by atoms with Crippen LogP contribution < -0.4 is 5.32 Å². The Morgan fingerprint density at radius 1 is 1.35 bits per heavy atom. The lowest BCUT2D eigenvalue weighted by atomic mass is 10.2. The molecule has 2 fully saturated rings. The van der Waals surface area contributed by atoms with Gasteiger partial charge in [0, 0.05) is 18.4 Å². The Morgan fingerprint density at radius 2 is 2.13 bits per heavy atom. The summed E-state index contributed by atoms with van der Waals surface area (Å²) in [5, 5.41) is 7.55. The first kappa shape index (κ1) is 16.5. The van der Waals surface area contributed by atoms with Crippen molar-refractivity contribution in [1.29, 1.82) is 0 Å². The number of unbranched alkanes of at least 4 members (excludes halogenated alkanes) is 2. The summed E-state index contributed by atoms with van der Waals surface area (Å²) in [7, 11) is -2.98. The second-order valence-electron chi connectivity index (χ2n) is 6.74. The van der Waals surface area contributed by atoms with Gasteiger partial charge in [-0.2, -0.15) is 5.10 Å². The molecule has 1 aliphatic carbocycles. The molecule has 0 unspecified atom stereocenters. The van der Waals surface area contributed by atoms with Crippen molar-refractivity contribution in [1.82, 2.24) is 9.78 Å². The molecule has 0 bridgehead atoms. The van der Waals surface area contributed by atoms with Crippen LogP contribution in [0.4, 0.5) is 5.82 Å². The average Bonchev–Trinajstić information content (AvgIpc) is 3.16. The second kappa shape index (κ2) is 6.63. The molecule has 1 amide bonds. The number of anilines is 1. The molecule has 3 rings (SSSR count). The van der Waals surface area contributed by atoms with E-state index < -0.39 is 9.84 Å². The highest BCUT2D eigenvalue weighted by molar-refractivity contribution is 7.91. The smallest absolute Gasteiger partial charge is 0.225 e. The maximum Gasteiger partial charge on any atom is 0.225 e. The minimum absolute atomic E-state index is 0.0113. The lowest BCUT2D eigenvalue weighted by Gasteiger charge is -2.13. The summed E-state index contributed by atoms with van der Waals surface area (Å²) in [5.41, 5.74) is 0.984. The van der Waals surface area contributed by atoms with Crippen molar-refractivity contribution in [3.63, 3.8) is 0 Å². The molecule has 6 nitrogen and oxygen atoms in total. The molecule has 2 aliphatic rings. The second-order valence-corrected chi connectivity index (χ2v) is 8.96. The SMILES string of the molecule is CCCCCC(=O)Nc1cc(C2CC2)nn1[C@H]1CCS(=O)(=O)C1. The standard InChI is InChI=1S/C16H25N3O3S/c1-2-3-4-5-16(20)17-15-10-14(12-6-7-12)18-19(15)13-8-9-23(21,22)11-13/h10,12-13H,2-9,11H2,1H3,(H,17,20)/t13-/m0/s1. The summed E-state index contributed by atoms with van der Waals surface area (Å²) in [4.78, 5) is 12.1. The van der Waals surface area contributed by atoms with Gasteiger partial charge >= 0.3 is 0 Å². The first-order valence-electron chi connectivity index (χ1n) is 8.58. The number of hydrogen-bond acceptors (Lipinski definition) is 4. The van der Waals surface area contributed by atoms with Gasteiger partial charge in [-0.05, 0) is 25.7 Å². The predicted octanol–water partition coefficient (Wildman–Crippen LogP) is 2.64. The van der Waals surface area contributed by atoms with E-state index in [1.165, 1.54) is 0 Å². The first-order valence-corrected chi connectivity index (χ1v) is 10.4. The van der Waals surface area contributed by atoms with E-state index in [9.17, 15) is 13.2 Å². The third-order valence-corrected chi connectivity index (χ3v) is 6.33. The van der Waals surface area contributed by atoms with Gasteiger partial charge in [-0.25, -0.2) is 13.1 Å². The van der Waals surface area contributed by atoms with E-state index >= 15 is 0 Å². The Balaban J connectivity index is 1.74. The third kappa shape index (κ3) is 4.13.